The molecule has 1 aromatic carbocycles. The SMILES string of the molecule is CC1(C(=O)N2CCC(Cc3cc(Cl)c(Cl)cc3O)CC2)CNC1. The number of halogens is 2. The summed E-state index contributed by atoms with van der Waals surface area (Å²) in [5, 5.41) is 14.0. The highest BCUT2D eigenvalue weighted by atomic mass is 35.5. The molecule has 126 valence electrons. The van der Waals surface area contributed by atoms with Gasteiger partial charge in [0.2, 0.25) is 5.91 Å². The van der Waals surface area contributed by atoms with E-state index in [0.29, 0.717) is 16.0 Å². The van der Waals surface area contributed by atoms with E-state index in [1.165, 1.54) is 6.07 Å². The second-order valence-corrected chi connectivity index (χ2v) is 7.81. The number of phenolic OH excluding ortho intramolecular Hbond substituents is 1. The Kier molecular flexibility index (Phi) is 4.77. The fourth-order valence-corrected chi connectivity index (χ4v) is 3.77. The molecule has 23 heavy (non-hydrogen) atoms. The van der Waals surface area contributed by atoms with Crippen LogP contribution in [-0.2, 0) is 11.2 Å². The van der Waals surface area contributed by atoms with E-state index in [9.17, 15) is 9.90 Å². The Balaban J connectivity index is 1.57. The first kappa shape index (κ1) is 16.9. The highest BCUT2D eigenvalue weighted by molar-refractivity contribution is 6.42. The van der Waals surface area contributed by atoms with E-state index in [1.807, 2.05) is 11.8 Å². The van der Waals surface area contributed by atoms with Crippen molar-refractivity contribution >= 4 is 29.1 Å². The maximum atomic E-state index is 12.5. The van der Waals surface area contributed by atoms with Gasteiger partial charge in [0.1, 0.15) is 5.75 Å². The molecular formula is C17H22Cl2N2O2. The lowest BCUT2D eigenvalue weighted by Gasteiger charge is -2.43. The van der Waals surface area contributed by atoms with Crippen molar-refractivity contribution < 1.29 is 9.90 Å². The Hall–Kier alpha value is -0.970. The van der Waals surface area contributed by atoms with Gasteiger partial charge in [-0.2, -0.15) is 0 Å². The second-order valence-electron chi connectivity index (χ2n) is 7.00. The summed E-state index contributed by atoms with van der Waals surface area (Å²) in [7, 11) is 0. The normalized spacial score (nSPS) is 21.1. The first-order valence-corrected chi connectivity index (χ1v) is 8.81. The molecule has 0 spiro atoms. The first-order valence-electron chi connectivity index (χ1n) is 8.06. The average Bonchev–Trinajstić information content (AvgIpc) is 2.50. The van der Waals surface area contributed by atoms with Crippen LogP contribution in [0.5, 0.6) is 5.75 Å². The minimum absolute atomic E-state index is 0.200. The second kappa shape index (κ2) is 6.50. The maximum Gasteiger partial charge on any atom is 0.231 e. The Morgan fingerprint density at radius 2 is 1.91 bits per heavy atom. The van der Waals surface area contributed by atoms with Crippen molar-refractivity contribution in [2.24, 2.45) is 11.3 Å². The van der Waals surface area contributed by atoms with Gasteiger partial charge < -0.3 is 15.3 Å². The van der Waals surface area contributed by atoms with Gasteiger partial charge in [0, 0.05) is 32.2 Å². The van der Waals surface area contributed by atoms with Gasteiger partial charge in [0.15, 0.2) is 0 Å². The molecule has 0 radical (unpaired) electrons. The number of hydrogen-bond acceptors (Lipinski definition) is 3. The molecule has 2 aliphatic heterocycles. The average molecular weight is 357 g/mol. The van der Waals surface area contributed by atoms with E-state index in [-0.39, 0.29) is 17.1 Å². The molecule has 0 atom stereocenters. The van der Waals surface area contributed by atoms with Crippen LogP contribution in [0.15, 0.2) is 12.1 Å². The van der Waals surface area contributed by atoms with E-state index < -0.39 is 0 Å². The van der Waals surface area contributed by atoms with Crippen LogP contribution < -0.4 is 5.32 Å². The molecule has 3 rings (SSSR count). The molecule has 1 amide bonds. The predicted molar refractivity (Wildman–Crippen MR) is 92.1 cm³/mol. The Bertz CT molecular complexity index is 609. The van der Waals surface area contributed by atoms with Crippen molar-refractivity contribution in [2.45, 2.75) is 26.2 Å². The fraction of sp³-hybridized carbons (Fsp3) is 0.588. The molecular weight excluding hydrogens is 335 g/mol. The fourth-order valence-electron chi connectivity index (χ4n) is 3.43. The van der Waals surface area contributed by atoms with Crippen LogP contribution in [0.4, 0.5) is 0 Å². The molecule has 2 saturated heterocycles. The van der Waals surface area contributed by atoms with Crippen molar-refractivity contribution in [1.29, 1.82) is 0 Å². The van der Waals surface area contributed by atoms with Gasteiger partial charge in [0.25, 0.3) is 0 Å². The van der Waals surface area contributed by atoms with Gasteiger partial charge in [-0.15, -0.1) is 0 Å². The number of carbonyl (C=O) groups excluding carboxylic acids is 1. The zero-order chi connectivity index (χ0) is 16.6. The predicted octanol–water partition coefficient (Wildman–Crippen LogP) is 3.09. The lowest BCUT2D eigenvalue weighted by molar-refractivity contribution is -0.145. The molecule has 0 saturated carbocycles. The molecule has 1 aromatic rings. The Morgan fingerprint density at radius 1 is 1.30 bits per heavy atom. The molecule has 2 N–H and O–H groups in total. The molecule has 0 aliphatic carbocycles. The molecule has 2 aliphatic rings. The third-order valence-electron chi connectivity index (χ3n) is 5.08. The van der Waals surface area contributed by atoms with Gasteiger partial charge in [-0.25, -0.2) is 0 Å². The Labute approximate surface area is 146 Å². The quantitative estimate of drug-likeness (QED) is 0.874. The van der Waals surface area contributed by atoms with E-state index in [1.54, 1.807) is 6.07 Å². The lowest BCUT2D eigenvalue weighted by atomic mass is 9.81. The first-order chi connectivity index (χ1) is 10.9. The molecule has 0 unspecified atom stereocenters. The van der Waals surface area contributed by atoms with Gasteiger partial charge in [0.05, 0.1) is 15.5 Å². The number of carbonyl (C=O) groups is 1. The monoisotopic (exact) mass is 356 g/mol. The number of amides is 1. The summed E-state index contributed by atoms with van der Waals surface area (Å²) in [5.41, 5.74) is 0.619. The summed E-state index contributed by atoms with van der Waals surface area (Å²) in [4.78, 5) is 14.5. The zero-order valence-corrected chi connectivity index (χ0v) is 14.8. The van der Waals surface area contributed by atoms with Crippen LogP contribution in [0.2, 0.25) is 10.0 Å². The van der Waals surface area contributed by atoms with E-state index in [2.05, 4.69) is 5.32 Å². The van der Waals surface area contributed by atoms with Crippen LogP contribution in [0.1, 0.15) is 25.3 Å². The number of nitrogens with one attached hydrogen (secondary N) is 1. The van der Waals surface area contributed by atoms with Crippen molar-refractivity contribution in [3.8, 4) is 5.75 Å². The number of phenols is 1. The number of nitrogens with zero attached hydrogens (tertiary/aromatic N) is 1. The largest absolute Gasteiger partial charge is 0.508 e. The third kappa shape index (κ3) is 3.44. The molecule has 6 heteroatoms. The molecule has 0 aromatic heterocycles. The number of hydrogen-bond donors (Lipinski definition) is 2. The standard InChI is InChI=1S/C17H22Cl2N2O2/c1-17(9-20-10-17)16(23)21-4-2-11(3-5-21)6-12-7-13(18)14(19)8-15(12)22/h7-8,11,20,22H,2-6,9-10H2,1H3. The number of likely N-dealkylation sites (tertiary alicyclic amines) is 1. The molecule has 4 nitrogen and oxygen atoms in total. The van der Waals surface area contributed by atoms with Crippen molar-refractivity contribution in [3.05, 3.63) is 27.7 Å². The Morgan fingerprint density at radius 3 is 2.48 bits per heavy atom. The molecule has 2 fully saturated rings. The van der Waals surface area contributed by atoms with Crippen molar-refractivity contribution in [2.75, 3.05) is 26.2 Å². The summed E-state index contributed by atoms with van der Waals surface area (Å²) >= 11 is 11.9. The number of aromatic hydroxyl groups is 1. The topological polar surface area (TPSA) is 52.6 Å². The molecule has 2 heterocycles. The lowest BCUT2D eigenvalue weighted by Crippen LogP contribution is -2.61. The summed E-state index contributed by atoms with van der Waals surface area (Å²) in [6.45, 7) is 5.18. The minimum atomic E-state index is -0.213. The van der Waals surface area contributed by atoms with Crippen LogP contribution in [0, 0.1) is 11.3 Å². The van der Waals surface area contributed by atoms with Gasteiger partial charge in [-0.3, -0.25) is 4.79 Å². The van der Waals surface area contributed by atoms with Gasteiger partial charge in [-0.05, 0) is 43.7 Å². The van der Waals surface area contributed by atoms with Gasteiger partial charge in [-0.1, -0.05) is 23.2 Å². The number of rotatable bonds is 3. The van der Waals surface area contributed by atoms with E-state index in [4.69, 9.17) is 23.2 Å². The van der Waals surface area contributed by atoms with Crippen LogP contribution in [-0.4, -0.2) is 42.1 Å². The minimum Gasteiger partial charge on any atom is -0.508 e. The number of benzene rings is 1. The smallest absolute Gasteiger partial charge is 0.231 e. The highest BCUT2D eigenvalue weighted by Crippen LogP contribution is 2.34. The third-order valence-corrected chi connectivity index (χ3v) is 5.80. The van der Waals surface area contributed by atoms with Crippen LogP contribution >= 0.6 is 23.2 Å². The summed E-state index contributed by atoms with van der Waals surface area (Å²) < 4.78 is 0. The summed E-state index contributed by atoms with van der Waals surface area (Å²) in [6, 6.07) is 3.25. The van der Waals surface area contributed by atoms with Crippen LogP contribution in [0.3, 0.4) is 0 Å². The maximum absolute atomic E-state index is 12.5. The van der Waals surface area contributed by atoms with E-state index >= 15 is 0 Å². The van der Waals surface area contributed by atoms with Gasteiger partial charge >= 0.3 is 0 Å². The van der Waals surface area contributed by atoms with Crippen molar-refractivity contribution in [3.63, 3.8) is 0 Å². The number of piperidine rings is 1. The summed E-state index contributed by atoms with van der Waals surface area (Å²) in [5.74, 6) is 0.924. The van der Waals surface area contributed by atoms with Crippen molar-refractivity contribution in [1.82, 2.24) is 10.2 Å². The summed E-state index contributed by atoms with van der Waals surface area (Å²) in [6.07, 6.45) is 2.67. The highest BCUT2D eigenvalue weighted by Gasteiger charge is 2.42. The zero-order valence-electron chi connectivity index (χ0n) is 13.2. The molecule has 0 bridgehead atoms. The van der Waals surface area contributed by atoms with Crippen LogP contribution in [0.25, 0.3) is 0 Å². The van der Waals surface area contributed by atoms with E-state index in [0.717, 1.165) is 51.0 Å².